The van der Waals surface area contributed by atoms with E-state index in [9.17, 15) is 9.59 Å². The minimum atomic E-state index is -0.426. The second-order valence-electron chi connectivity index (χ2n) is 6.74. The van der Waals surface area contributed by atoms with E-state index in [0.717, 1.165) is 35.9 Å². The molecule has 3 heterocycles. The normalized spacial score (nSPS) is 20.0. The Morgan fingerprint density at radius 3 is 2.61 bits per heavy atom. The average molecular weight is 415 g/mol. The van der Waals surface area contributed by atoms with Crippen molar-refractivity contribution >= 4 is 41.0 Å². The topological polar surface area (TPSA) is 65.9 Å². The second kappa shape index (κ2) is 8.34. The van der Waals surface area contributed by atoms with Crippen LogP contribution in [0.25, 0.3) is 11.3 Å². The Labute approximate surface area is 172 Å². The van der Waals surface area contributed by atoms with E-state index in [1.54, 1.807) is 17.4 Å². The van der Waals surface area contributed by atoms with E-state index in [2.05, 4.69) is 15.3 Å². The molecule has 0 radical (unpaired) electrons. The summed E-state index contributed by atoms with van der Waals surface area (Å²) in [7, 11) is 0. The second-order valence-corrected chi connectivity index (χ2v) is 8.12. The highest BCUT2D eigenvalue weighted by molar-refractivity contribution is 7.09. The number of thiazole rings is 1. The van der Waals surface area contributed by atoms with Crippen LogP contribution < -0.4 is 0 Å². The zero-order valence-electron chi connectivity index (χ0n) is 15.1. The summed E-state index contributed by atoms with van der Waals surface area (Å²) in [5.41, 5.74) is 2.02. The Balaban J connectivity index is 1.31. The first-order valence-corrected chi connectivity index (χ1v) is 10.3. The molecule has 4 rings (SSSR count). The number of rotatable bonds is 4. The van der Waals surface area contributed by atoms with Gasteiger partial charge in [0.05, 0.1) is 18.2 Å². The van der Waals surface area contributed by atoms with Gasteiger partial charge in [-0.1, -0.05) is 29.8 Å². The molecule has 28 heavy (non-hydrogen) atoms. The van der Waals surface area contributed by atoms with Gasteiger partial charge in [0, 0.05) is 54.4 Å². The van der Waals surface area contributed by atoms with Crippen LogP contribution in [0.1, 0.15) is 5.01 Å². The molecule has 0 N–H and O–H groups in total. The van der Waals surface area contributed by atoms with Crippen molar-refractivity contribution in [3.8, 4) is 11.3 Å². The third kappa shape index (κ3) is 4.38. The smallest absolute Gasteiger partial charge is 0.269 e. The van der Waals surface area contributed by atoms with Crippen LogP contribution in [0.2, 0.25) is 5.02 Å². The quantitative estimate of drug-likeness (QED) is 0.771. The predicted octanol–water partition coefficient (Wildman–Crippen LogP) is 2.89. The molecule has 2 amide bonds. The first kappa shape index (κ1) is 19.0. The summed E-state index contributed by atoms with van der Waals surface area (Å²) in [4.78, 5) is 36.2. The Bertz CT molecular complexity index is 914. The third-order valence-electron chi connectivity index (χ3n) is 4.83. The Kier molecular flexibility index (Phi) is 5.66. The zero-order valence-corrected chi connectivity index (χ0v) is 16.7. The molecule has 1 aromatic heterocycles. The highest BCUT2D eigenvalue weighted by atomic mass is 35.5. The molecule has 6 nitrogen and oxygen atoms in total. The van der Waals surface area contributed by atoms with Gasteiger partial charge in [0.15, 0.2) is 0 Å². The number of carbonyl (C=O) groups is 2. The Hall–Kier alpha value is -2.35. The lowest BCUT2D eigenvalue weighted by atomic mass is 10.1. The standard InChI is InChI=1S/C20H19ClN4O2S/c21-16-4-1-14(2-5-16)17-13-28-19(23-17)12-24-7-9-25(10-8-24)20(27)15-3-6-18(26)22-11-15/h1-6,11,13,15H,7-10,12H2. The van der Waals surface area contributed by atoms with Crippen molar-refractivity contribution in [3.05, 3.63) is 51.8 Å². The van der Waals surface area contributed by atoms with Crippen LogP contribution in [-0.4, -0.2) is 59.0 Å². The number of hydrogen-bond donors (Lipinski definition) is 0. The zero-order chi connectivity index (χ0) is 19.5. The fourth-order valence-electron chi connectivity index (χ4n) is 3.24. The summed E-state index contributed by atoms with van der Waals surface area (Å²) in [5, 5.41) is 3.84. The number of dihydropyridines is 1. The number of benzene rings is 1. The van der Waals surface area contributed by atoms with Crippen LogP contribution >= 0.6 is 22.9 Å². The molecule has 1 atom stereocenters. The van der Waals surface area contributed by atoms with Crippen LogP contribution in [-0.2, 0) is 16.1 Å². The van der Waals surface area contributed by atoms with Gasteiger partial charge in [-0.05, 0) is 12.1 Å². The summed E-state index contributed by atoms with van der Waals surface area (Å²) < 4.78 is 0. The lowest BCUT2D eigenvalue weighted by molar-refractivity contribution is -0.133. The molecule has 1 fully saturated rings. The van der Waals surface area contributed by atoms with Gasteiger partial charge < -0.3 is 4.90 Å². The molecule has 0 aliphatic carbocycles. The Morgan fingerprint density at radius 2 is 1.93 bits per heavy atom. The average Bonchev–Trinajstić information content (AvgIpc) is 3.18. The largest absolute Gasteiger partial charge is 0.339 e. The maximum atomic E-state index is 12.5. The number of aromatic nitrogens is 1. The number of piperazine rings is 1. The maximum absolute atomic E-state index is 12.5. The number of carbonyl (C=O) groups excluding carboxylic acids is 2. The van der Waals surface area contributed by atoms with Crippen molar-refractivity contribution in [2.24, 2.45) is 10.9 Å². The molecule has 2 aliphatic heterocycles. The van der Waals surface area contributed by atoms with Gasteiger partial charge >= 0.3 is 0 Å². The number of hydrogen-bond acceptors (Lipinski definition) is 5. The van der Waals surface area contributed by atoms with E-state index in [-0.39, 0.29) is 11.8 Å². The van der Waals surface area contributed by atoms with Gasteiger partial charge in [0.2, 0.25) is 5.91 Å². The van der Waals surface area contributed by atoms with Crippen LogP contribution in [0, 0.1) is 5.92 Å². The van der Waals surface area contributed by atoms with E-state index >= 15 is 0 Å². The number of nitrogens with zero attached hydrogens (tertiary/aromatic N) is 4. The molecule has 1 saturated heterocycles. The van der Waals surface area contributed by atoms with Crippen LogP contribution in [0.15, 0.2) is 46.8 Å². The number of aliphatic imine (C=N–C) groups is 1. The monoisotopic (exact) mass is 414 g/mol. The van der Waals surface area contributed by atoms with Crippen molar-refractivity contribution in [3.63, 3.8) is 0 Å². The summed E-state index contributed by atoms with van der Waals surface area (Å²) in [6.45, 7) is 3.71. The number of halogens is 1. The summed E-state index contributed by atoms with van der Waals surface area (Å²) in [6.07, 6.45) is 4.42. The Morgan fingerprint density at radius 1 is 1.18 bits per heavy atom. The first-order valence-electron chi connectivity index (χ1n) is 9.06. The van der Waals surface area contributed by atoms with Crippen LogP contribution in [0.3, 0.4) is 0 Å². The molecule has 0 saturated carbocycles. The van der Waals surface area contributed by atoms with Gasteiger partial charge in [-0.15, -0.1) is 11.3 Å². The lowest BCUT2D eigenvalue weighted by Gasteiger charge is -2.35. The summed E-state index contributed by atoms with van der Waals surface area (Å²) in [5.74, 6) is -0.730. The van der Waals surface area contributed by atoms with Gasteiger partial charge in [-0.2, -0.15) is 0 Å². The van der Waals surface area contributed by atoms with Gasteiger partial charge in [-0.3, -0.25) is 14.5 Å². The van der Waals surface area contributed by atoms with Gasteiger partial charge in [0.1, 0.15) is 5.01 Å². The van der Waals surface area contributed by atoms with E-state index in [4.69, 9.17) is 16.6 Å². The van der Waals surface area contributed by atoms with E-state index in [0.29, 0.717) is 18.1 Å². The van der Waals surface area contributed by atoms with E-state index < -0.39 is 5.92 Å². The van der Waals surface area contributed by atoms with Crippen molar-refractivity contribution in [1.82, 2.24) is 14.8 Å². The highest BCUT2D eigenvalue weighted by Gasteiger charge is 2.26. The predicted molar refractivity (Wildman–Crippen MR) is 111 cm³/mol. The maximum Gasteiger partial charge on any atom is 0.269 e. The van der Waals surface area contributed by atoms with Crippen molar-refractivity contribution in [2.75, 3.05) is 26.2 Å². The van der Waals surface area contributed by atoms with Crippen molar-refractivity contribution < 1.29 is 9.59 Å². The molecular weight excluding hydrogens is 396 g/mol. The molecule has 2 aromatic rings. The van der Waals surface area contributed by atoms with Crippen LogP contribution in [0.5, 0.6) is 0 Å². The first-order chi connectivity index (χ1) is 13.6. The van der Waals surface area contributed by atoms with Crippen LogP contribution in [0.4, 0.5) is 0 Å². The van der Waals surface area contributed by atoms with Crippen molar-refractivity contribution in [2.45, 2.75) is 6.54 Å². The molecule has 1 unspecified atom stereocenters. The highest BCUT2D eigenvalue weighted by Crippen LogP contribution is 2.24. The van der Waals surface area contributed by atoms with Gasteiger partial charge in [0.25, 0.3) is 5.91 Å². The molecule has 1 aromatic carbocycles. The van der Waals surface area contributed by atoms with E-state index in [1.165, 1.54) is 12.3 Å². The summed E-state index contributed by atoms with van der Waals surface area (Å²) in [6, 6.07) is 7.69. The minimum Gasteiger partial charge on any atom is -0.339 e. The lowest BCUT2D eigenvalue weighted by Crippen LogP contribution is -2.50. The SMILES string of the molecule is O=C1C=CC(C(=O)N2CCN(Cc3nc(-c4ccc(Cl)cc4)cs3)CC2)C=N1. The third-order valence-corrected chi connectivity index (χ3v) is 5.91. The fourth-order valence-corrected chi connectivity index (χ4v) is 4.21. The molecule has 2 aliphatic rings. The molecule has 144 valence electrons. The number of amides is 2. The molecule has 0 bridgehead atoms. The van der Waals surface area contributed by atoms with E-state index in [1.807, 2.05) is 29.2 Å². The fraction of sp³-hybridized carbons (Fsp3) is 0.300. The molecular formula is C20H19ClN4O2S. The minimum absolute atomic E-state index is 0.00595. The molecule has 0 spiro atoms. The summed E-state index contributed by atoms with van der Waals surface area (Å²) >= 11 is 7.59. The van der Waals surface area contributed by atoms with Crippen molar-refractivity contribution in [1.29, 1.82) is 0 Å². The van der Waals surface area contributed by atoms with Gasteiger partial charge in [-0.25, -0.2) is 9.98 Å². The molecule has 8 heteroatoms.